The molecule has 2 heterocycles. The largest absolute Gasteiger partial charge is 0.510 e. The van der Waals surface area contributed by atoms with Gasteiger partial charge in [0.25, 0.3) is 0 Å². The third-order valence-corrected chi connectivity index (χ3v) is 6.18. The number of halogens is 2. The number of aromatic nitrogens is 1. The van der Waals surface area contributed by atoms with Crippen LogP contribution in [0.2, 0.25) is 0 Å². The number of aliphatic hydroxyl groups excluding tert-OH is 1. The second kappa shape index (κ2) is 7.38. The zero-order valence-electron chi connectivity index (χ0n) is 14.8. The molecule has 1 saturated carbocycles. The maximum absolute atomic E-state index is 13.5. The molecule has 0 unspecified atom stereocenters. The number of hydrogen-bond donors (Lipinski definition) is 2. The quantitative estimate of drug-likeness (QED) is 0.753. The molecule has 1 aliphatic heterocycles. The summed E-state index contributed by atoms with van der Waals surface area (Å²) in [5, 5.41) is 21.2. The molecule has 0 saturated heterocycles. The second-order valence-corrected chi connectivity index (χ2v) is 8.08. The lowest BCUT2D eigenvalue weighted by molar-refractivity contribution is 0.268. The number of benzene rings is 1. The van der Waals surface area contributed by atoms with E-state index in [0.717, 1.165) is 18.7 Å². The highest BCUT2D eigenvalue weighted by Gasteiger charge is 2.32. The fourth-order valence-corrected chi connectivity index (χ4v) is 4.77. The maximum atomic E-state index is 13.5. The summed E-state index contributed by atoms with van der Waals surface area (Å²) in [6.07, 6.45) is 6.12. The molecule has 1 fully saturated rings. The second-order valence-electron chi connectivity index (χ2n) is 7.22. The zero-order valence-corrected chi connectivity index (χ0v) is 15.7. The summed E-state index contributed by atoms with van der Waals surface area (Å²) < 4.78 is 26.6. The van der Waals surface area contributed by atoms with Gasteiger partial charge in [-0.05, 0) is 37.0 Å². The van der Waals surface area contributed by atoms with Gasteiger partial charge in [-0.3, -0.25) is 5.41 Å². The Morgan fingerprint density at radius 2 is 1.96 bits per heavy atom. The Morgan fingerprint density at radius 3 is 2.70 bits per heavy atom. The van der Waals surface area contributed by atoms with Gasteiger partial charge in [0.15, 0.2) is 11.6 Å². The van der Waals surface area contributed by atoms with Crippen molar-refractivity contribution in [1.29, 1.82) is 5.41 Å². The fourth-order valence-electron chi connectivity index (χ4n) is 3.87. The number of aliphatic hydroxyl groups is 1. The highest BCUT2D eigenvalue weighted by atomic mass is 32.1. The SMILES string of the molecule is N=C1C(c2nc(-c3ccc(F)c(F)c3)cs2)=C(O)CN1CC1CCCCC1. The minimum Gasteiger partial charge on any atom is -0.510 e. The van der Waals surface area contributed by atoms with Gasteiger partial charge in [-0.25, -0.2) is 13.8 Å². The Hall–Kier alpha value is -2.28. The van der Waals surface area contributed by atoms with Gasteiger partial charge in [-0.2, -0.15) is 0 Å². The number of thiazole rings is 1. The first kappa shape index (κ1) is 18.1. The van der Waals surface area contributed by atoms with E-state index in [2.05, 4.69) is 4.98 Å². The molecular weight excluding hydrogens is 368 g/mol. The van der Waals surface area contributed by atoms with E-state index < -0.39 is 11.6 Å². The van der Waals surface area contributed by atoms with Gasteiger partial charge in [0.2, 0.25) is 0 Å². The van der Waals surface area contributed by atoms with Crippen molar-refractivity contribution in [1.82, 2.24) is 9.88 Å². The van der Waals surface area contributed by atoms with Crippen molar-refractivity contribution in [2.24, 2.45) is 5.92 Å². The van der Waals surface area contributed by atoms with Crippen molar-refractivity contribution in [3.8, 4) is 11.3 Å². The number of nitrogens with one attached hydrogen (secondary N) is 1. The molecule has 2 N–H and O–H groups in total. The zero-order chi connectivity index (χ0) is 19.0. The van der Waals surface area contributed by atoms with Crippen molar-refractivity contribution >= 4 is 22.7 Å². The summed E-state index contributed by atoms with van der Waals surface area (Å²) in [6.45, 7) is 1.12. The van der Waals surface area contributed by atoms with Crippen LogP contribution in [-0.2, 0) is 0 Å². The average molecular weight is 389 g/mol. The van der Waals surface area contributed by atoms with Crippen LogP contribution in [0.5, 0.6) is 0 Å². The van der Waals surface area contributed by atoms with Crippen molar-refractivity contribution in [3.63, 3.8) is 0 Å². The molecule has 0 radical (unpaired) electrons. The van der Waals surface area contributed by atoms with Crippen molar-refractivity contribution in [3.05, 3.63) is 46.0 Å². The number of nitrogens with zero attached hydrogens (tertiary/aromatic N) is 2. The normalized spacial score (nSPS) is 18.6. The summed E-state index contributed by atoms with van der Waals surface area (Å²) >= 11 is 1.29. The first-order chi connectivity index (χ1) is 13.0. The Labute approximate surface area is 160 Å². The predicted molar refractivity (Wildman–Crippen MR) is 103 cm³/mol. The van der Waals surface area contributed by atoms with Crippen LogP contribution in [0.15, 0.2) is 29.3 Å². The number of hydrogen-bond acceptors (Lipinski definition) is 4. The van der Waals surface area contributed by atoms with Crippen molar-refractivity contribution < 1.29 is 13.9 Å². The van der Waals surface area contributed by atoms with Crippen LogP contribution < -0.4 is 0 Å². The highest BCUT2D eigenvalue weighted by Crippen LogP contribution is 2.34. The van der Waals surface area contributed by atoms with E-state index in [-0.39, 0.29) is 5.76 Å². The van der Waals surface area contributed by atoms with Crippen molar-refractivity contribution in [2.75, 3.05) is 13.1 Å². The molecule has 0 atom stereocenters. The predicted octanol–water partition coefficient (Wildman–Crippen LogP) is 5.23. The molecule has 27 heavy (non-hydrogen) atoms. The van der Waals surface area contributed by atoms with Crippen LogP contribution >= 0.6 is 11.3 Å². The van der Waals surface area contributed by atoms with E-state index in [9.17, 15) is 13.9 Å². The van der Waals surface area contributed by atoms with E-state index in [1.807, 2.05) is 4.90 Å². The molecule has 4 nitrogen and oxygen atoms in total. The van der Waals surface area contributed by atoms with Crippen LogP contribution in [0.4, 0.5) is 8.78 Å². The molecule has 1 aliphatic carbocycles. The topological polar surface area (TPSA) is 60.2 Å². The standard InChI is InChI=1S/C20H21F2N3OS/c21-14-7-6-13(8-15(14)22)16-11-27-20(24-16)18-17(26)10-25(19(18)23)9-12-4-2-1-3-5-12/h6-8,11-12,23,26H,1-5,9-10H2. The van der Waals surface area contributed by atoms with Crippen LogP contribution in [0.3, 0.4) is 0 Å². The fraction of sp³-hybridized carbons (Fsp3) is 0.400. The summed E-state index contributed by atoms with van der Waals surface area (Å²) in [4.78, 5) is 6.38. The molecule has 0 bridgehead atoms. The summed E-state index contributed by atoms with van der Waals surface area (Å²) in [5.74, 6) is -0.798. The summed E-state index contributed by atoms with van der Waals surface area (Å²) in [5.41, 5.74) is 1.43. The van der Waals surface area contributed by atoms with Gasteiger partial charge in [-0.1, -0.05) is 19.3 Å². The van der Waals surface area contributed by atoms with Gasteiger partial charge < -0.3 is 10.0 Å². The summed E-state index contributed by atoms with van der Waals surface area (Å²) in [6, 6.07) is 3.66. The third-order valence-electron chi connectivity index (χ3n) is 5.32. The minimum absolute atomic E-state index is 0.155. The van der Waals surface area contributed by atoms with E-state index >= 15 is 0 Å². The van der Waals surface area contributed by atoms with E-state index in [1.165, 1.54) is 49.5 Å². The average Bonchev–Trinajstić information content (AvgIpc) is 3.23. The van der Waals surface area contributed by atoms with Crippen LogP contribution in [0, 0.1) is 23.0 Å². The molecule has 142 valence electrons. The van der Waals surface area contributed by atoms with Gasteiger partial charge in [0.1, 0.15) is 16.6 Å². The lowest BCUT2D eigenvalue weighted by Gasteiger charge is -2.28. The highest BCUT2D eigenvalue weighted by molar-refractivity contribution is 7.11. The Kier molecular flexibility index (Phi) is 4.95. The molecule has 1 aromatic heterocycles. The lowest BCUT2D eigenvalue weighted by atomic mass is 9.89. The van der Waals surface area contributed by atoms with Gasteiger partial charge in [-0.15, -0.1) is 11.3 Å². The third kappa shape index (κ3) is 3.60. The Morgan fingerprint density at radius 1 is 1.19 bits per heavy atom. The minimum atomic E-state index is -0.920. The maximum Gasteiger partial charge on any atom is 0.159 e. The monoisotopic (exact) mass is 389 g/mol. The molecule has 1 aromatic carbocycles. The Balaban J connectivity index is 1.52. The molecule has 0 amide bonds. The van der Waals surface area contributed by atoms with Crippen LogP contribution in [0.1, 0.15) is 37.1 Å². The molecule has 2 aliphatic rings. The molecule has 7 heteroatoms. The first-order valence-electron chi connectivity index (χ1n) is 9.20. The summed E-state index contributed by atoms with van der Waals surface area (Å²) in [7, 11) is 0. The lowest BCUT2D eigenvalue weighted by Crippen LogP contribution is -2.32. The van der Waals surface area contributed by atoms with Crippen LogP contribution in [0.25, 0.3) is 16.8 Å². The molecule has 2 aromatic rings. The molecule has 0 spiro atoms. The van der Waals surface area contributed by atoms with E-state index in [4.69, 9.17) is 5.41 Å². The van der Waals surface area contributed by atoms with Gasteiger partial charge >= 0.3 is 0 Å². The smallest absolute Gasteiger partial charge is 0.159 e. The van der Waals surface area contributed by atoms with E-state index in [1.54, 1.807) is 5.38 Å². The molecular formula is C20H21F2N3OS. The first-order valence-corrected chi connectivity index (χ1v) is 10.1. The number of rotatable bonds is 4. The molecule has 4 rings (SSSR count). The van der Waals surface area contributed by atoms with Gasteiger partial charge in [0.05, 0.1) is 17.8 Å². The van der Waals surface area contributed by atoms with E-state index in [0.29, 0.717) is 40.1 Å². The van der Waals surface area contributed by atoms with Crippen LogP contribution in [-0.4, -0.2) is 33.9 Å². The Bertz CT molecular complexity index is 902. The van der Waals surface area contributed by atoms with Gasteiger partial charge in [0, 0.05) is 17.5 Å². The van der Waals surface area contributed by atoms with Crippen molar-refractivity contribution in [2.45, 2.75) is 32.1 Å². The number of amidine groups is 1.